The van der Waals surface area contributed by atoms with Crippen molar-refractivity contribution in [3.05, 3.63) is 65.2 Å². The van der Waals surface area contributed by atoms with E-state index in [1.54, 1.807) is 24.3 Å². The molecule has 96 valence electrons. The Labute approximate surface area is 111 Å². The maximum Gasteiger partial charge on any atom is 0.367 e. The molecular formula is C15H14N2O2. The van der Waals surface area contributed by atoms with E-state index in [9.17, 15) is 4.79 Å². The van der Waals surface area contributed by atoms with Crippen LogP contribution in [-0.4, -0.2) is 5.97 Å². The van der Waals surface area contributed by atoms with Crippen molar-refractivity contribution in [1.82, 2.24) is 0 Å². The van der Waals surface area contributed by atoms with Gasteiger partial charge in [0.1, 0.15) is 0 Å². The first-order valence-electron chi connectivity index (χ1n) is 5.92. The van der Waals surface area contributed by atoms with Gasteiger partial charge < -0.3 is 0 Å². The molecule has 0 aromatic heterocycles. The largest absolute Gasteiger partial charge is 0.367 e. The molecule has 0 saturated heterocycles. The quantitative estimate of drug-likeness (QED) is 0.610. The minimum atomic E-state index is -0.519. The van der Waals surface area contributed by atoms with Gasteiger partial charge in [-0.15, -0.1) is 5.11 Å². The van der Waals surface area contributed by atoms with Crippen LogP contribution in [0.5, 0.6) is 0 Å². The summed E-state index contributed by atoms with van der Waals surface area (Å²) in [5, 5.41) is 7.41. The van der Waals surface area contributed by atoms with Gasteiger partial charge in [-0.3, -0.25) is 4.84 Å². The third-order valence-corrected chi connectivity index (χ3v) is 2.86. The number of carbonyl (C=O) groups is 1. The summed E-state index contributed by atoms with van der Waals surface area (Å²) in [5.41, 5.74) is 3.27. The fourth-order valence-electron chi connectivity index (χ4n) is 1.57. The average molecular weight is 254 g/mol. The molecule has 19 heavy (non-hydrogen) atoms. The Kier molecular flexibility index (Phi) is 4.03. The summed E-state index contributed by atoms with van der Waals surface area (Å²) in [6, 6.07) is 14.4. The van der Waals surface area contributed by atoms with E-state index >= 15 is 0 Å². The standard InChI is InChI=1S/C15H14N2O2/c1-11-7-6-10-14(12(11)2)16-17-19-15(18)13-8-4-3-5-9-13/h3-10H,1-2H3. The molecule has 0 unspecified atom stereocenters. The predicted molar refractivity (Wildman–Crippen MR) is 72.3 cm³/mol. The van der Waals surface area contributed by atoms with Crippen LogP contribution in [0.1, 0.15) is 21.5 Å². The molecule has 0 atom stereocenters. The Hall–Kier alpha value is -2.49. The van der Waals surface area contributed by atoms with Crippen molar-refractivity contribution in [2.45, 2.75) is 13.8 Å². The first kappa shape index (κ1) is 13.0. The minimum absolute atomic E-state index is 0.447. The molecule has 0 aliphatic heterocycles. The van der Waals surface area contributed by atoms with Crippen LogP contribution in [0.15, 0.2) is 58.9 Å². The highest BCUT2D eigenvalue weighted by atomic mass is 16.7. The average Bonchev–Trinajstić information content (AvgIpc) is 2.44. The first-order valence-corrected chi connectivity index (χ1v) is 5.92. The highest BCUT2D eigenvalue weighted by molar-refractivity contribution is 5.89. The molecule has 0 bridgehead atoms. The number of benzene rings is 2. The van der Waals surface area contributed by atoms with E-state index in [1.165, 1.54) is 0 Å². The molecule has 2 aromatic rings. The summed E-state index contributed by atoms with van der Waals surface area (Å²) in [5.74, 6) is -0.519. The van der Waals surface area contributed by atoms with E-state index in [2.05, 4.69) is 10.4 Å². The van der Waals surface area contributed by atoms with Gasteiger partial charge in [0, 0.05) is 5.28 Å². The normalized spacial score (nSPS) is 10.6. The molecule has 2 aromatic carbocycles. The van der Waals surface area contributed by atoms with E-state index in [1.807, 2.05) is 38.1 Å². The van der Waals surface area contributed by atoms with Gasteiger partial charge in [0.25, 0.3) is 0 Å². The summed E-state index contributed by atoms with van der Waals surface area (Å²) in [4.78, 5) is 16.4. The Morgan fingerprint density at radius 3 is 2.47 bits per heavy atom. The van der Waals surface area contributed by atoms with Gasteiger partial charge in [-0.2, -0.15) is 0 Å². The lowest BCUT2D eigenvalue weighted by molar-refractivity contribution is 0.0483. The zero-order valence-electron chi connectivity index (χ0n) is 10.8. The van der Waals surface area contributed by atoms with Gasteiger partial charge in [-0.25, -0.2) is 4.79 Å². The van der Waals surface area contributed by atoms with Crippen LogP contribution >= 0.6 is 0 Å². The zero-order valence-corrected chi connectivity index (χ0v) is 10.8. The summed E-state index contributed by atoms with van der Waals surface area (Å²) >= 11 is 0. The summed E-state index contributed by atoms with van der Waals surface area (Å²) in [6.45, 7) is 3.94. The van der Waals surface area contributed by atoms with Crippen LogP contribution in [-0.2, 0) is 4.84 Å². The zero-order chi connectivity index (χ0) is 13.7. The third kappa shape index (κ3) is 3.25. The number of hydrogen-bond donors (Lipinski definition) is 0. The van der Waals surface area contributed by atoms with E-state index in [0.717, 1.165) is 11.1 Å². The van der Waals surface area contributed by atoms with Gasteiger partial charge in [0.15, 0.2) is 0 Å². The van der Waals surface area contributed by atoms with Crippen LogP contribution in [0.3, 0.4) is 0 Å². The summed E-state index contributed by atoms with van der Waals surface area (Å²) < 4.78 is 0. The molecule has 0 spiro atoms. The molecule has 0 saturated carbocycles. The molecular weight excluding hydrogens is 240 g/mol. The van der Waals surface area contributed by atoms with Gasteiger partial charge in [-0.05, 0) is 43.2 Å². The molecule has 0 radical (unpaired) electrons. The maximum atomic E-state index is 11.6. The second-order valence-electron chi connectivity index (χ2n) is 4.15. The van der Waals surface area contributed by atoms with E-state index in [0.29, 0.717) is 11.3 Å². The second kappa shape index (κ2) is 5.91. The predicted octanol–water partition coefficient (Wildman–Crippen LogP) is 4.16. The maximum absolute atomic E-state index is 11.6. The Morgan fingerprint density at radius 2 is 1.74 bits per heavy atom. The minimum Gasteiger partial charge on any atom is -0.294 e. The lowest BCUT2D eigenvalue weighted by atomic mass is 10.1. The molecule has 0 fully saturated rings. The first-order chi connectivity index (χ1) is 9.18. The van der Waals surface area contributed by atoms with Crippen molar-refractivity contribution in [3.8, 4) is 0 Å². The SMILES string of the molecule is Cc1cccc(N=NOC(=O)c2ccccc2)c1C. The number of rotatable bonds is 3. The monoisotopic (exact) mass is 254 g/mol. The molecule has 2 rings (SSSR count). The van der Waals surface area contributed by atoms with Crippen LogP contribution in [0.2, 0.25) is 0 Å². The van der Waals surface area contributed by atoms with Crippen molar-refractivity contribution >= 4 is 11.7 Å². The van der Waals surface area contributed by atoms with Gasteiger partial charge in [-0.1, -0.05) is 30.3 Å². The van der Waals surface area contributed by atoms with E-state index in [4.69, 9.17) is 4.84 Å². The van der Waals surface area contributed by atoms with Crippen LogP contribution in [0, 0.1) is 13.8 Å². The number of aryl methyl sites for hydroxylation is 1. The molecule has 0 amide bonds. The van der Waals surface area contributed by atoms with Crippen molar-refractivity contribution in [1.29, 1.82) is 0 Å². The van der Waals surface area contributed by atoms with E-state index in [-0.39, 0.29) is 0 Å². The van der Waals surface area contributed by atoms with Crippen LogP contribution in [0.4, 0.5) is 5.69 Å². The molecule has 0 aliphatic rings. The fourth-order valence-corrected chi connectivity index (χ4v) is 1.57. The summed E-state index contributed by atoms with van der Waals surface area (Å²) in [6.07, 6.45) is 0. The molecule has 4 nitrogen and oxygen atoms in total. The number of carbonyl (C=O) groups excluding carboxylic acids is 1. The second-order valence-corrected chi connectivity index (χ2v) is 4.15. The molecule has 0 N–H and O–H groups in total. The van der Waals surface area contributed by atoms with Gasteiger partial charge in [0.2, 0.25) is 0 Å². The van der Waals surface area contributed by atoms with Gasteiger partial charge >= 0.3 is 5.97 Å². The lowest BCUT2D eigenvalue weighted by Crippen LogP contribution is -1.99. The highest BCUT2D eigenvalue weighted by Crippen LogP contribution is 2.21. The highest BCUT2D eigenvalue weighted by Gasteiger charge is 2.05. The van der Waals surface area contributed by atoms with Crippen molar-refractivity contribution in [3.63, 3.8) is 0 Å². The van der Waals surface area contributed by atoms with Crippen molar-refractivity contribution in [2.75, 3.05) is 0 Å². The Morgan fingerprint density at radius 1 is 1.00 bits per heavy atom. The molecule has 0 heterocycles. The smallest absolute Gasteiger partial charge is 0.294 e. The van der Waals surface area contributed by atoms with Crippen molar-refractivity contribution < 1.29 is 9.63 Å². The van der Waals surface area contributed by atoms with E-state index < -0.39 is 5.97 Å². The van der Waals surface area contributed by atoms with Gasteiger partial charge in [0.05, 0.1) is 11.3 Å². The van der Waals surface area contributed by atoms with Crippen LogP contribution < -0.4 is 0 Å². The number of hydrogen-bond acceptors (Lipinski definition) is 4. The van der Waals surface area contributed by atoms with Crippen molar-refractivity contribution in [2.24, 2.45) is 10.4 Å². The Bertz CT molecular complexity index is 607. The lowest BCUT2D eigenvalue weighted by Gasteiger charge is -2.01. The third-order valence-electron chi connectivity index (χ3n) is 2.86. The number of nitrogens with zero attached hydrogens (tertiary/aromatic N) is 2. The fraction of sp³-hybridized carbons (Fsp3) is 0.133. The summed E-state index contributed by atoms with van der Waals surface area (Å²) in [7, 11) is 0. The molecule has 4 heteroatoms. The molecule has 0 aliphatic carbocycles. The Balaban J connectivity index is 2.05. The topological polar surface area (TPSA) is 51.0 Å². The van der Waals surface area contributed by atoms with Crippen LogP contribution in [0.25, 0.3) is 0 Å².